The molecule has 6 nitrogen and oxygen atoms in total. The molecule has 0 spiro atoms. The van der Waals surface area contributed by atoms with E-state index in [1.165, 1.54) is 25.3 Å². The van der Waals surface area contributed by atoms with E-state index in [4.69, 9.17) is 0 Å². The van der Waals surface area contributed by atoms with E-state index in [2.05, 4.69) is 4.74 Å². The minimum Gasteiger partial charge on any atom is -0.469 e. The number of methoxy groups -OCH3 is 1. The molecule has 1 rings (SSSR count). The highest BCUT2D eigenvalue weighted by Gasteiger charge is 2.12. The fourth-order valence-corrected chi connectivity index (χ4v) is 1.31. The van der Waals surface area contributed by atoms with Gasteiger partial charge in [-0.25, -0.2) is 0 Å². The second-order valence-electron chi connectivity index (χ2n) is 3.38. The lowest BCUT2D eigenvalue weighted by molar-refractivity contribution is -0.385. The Morgan fingerprint density at radius 1 is 1.50 bits per heavy atom. The quantitative estimate of drug-likeness (QED) is 0.344. The SMILES string of the molecule is COC(=O)CC=Cc1ccc([N+](=O)[O-])c(C=O)c1. The zero-order chi connectivity index (χ0) is 13.5. The van der Waals surface area contributed by atoms with Crippen molar-refractivity contribution < 1.29 is 19.2 Å². The minimum absolute atomic E-state index is 0.000202. The predicted molar refractivity (Wildman–Crippen MR) is 64.2 cm³/mol. The Labute approximate surface area is 103 Å². The van der Waals surface area contributed by atoms with Crippen molar-refractivity contribution >= 4 is 24.0 Å². The standard InChI is InChI=1S/C12H11NO5/c1-18-12(15)4-2-3-9-5-6-11(13(16)17)10(7-9)8-14/h2-3,5-8H,4H2,1H3. The molecule has 0 saturated carbocycles. The van der Waals surface area contributed by atoms with Crippen molar-refractivity contribution in [2.24, 2.45) is 0 Å². The van der Waals surface area contributed by atoms with E-state index >= 15 is 0 Å². The van der Waals surface area contributed by atoms with Crippen LogP contribution in [0, 0.1) is 10.1 Å². The highest BCUT2D eigenvalue weighted by atomic mass is 16.6. The first kappa shape index (κ1) is 13.6. The molecule has 0 radical (unpaired) electrons. The summed E-state index contributed by atoms with van der Waals surface area (Å²) in [6.07, 6.45) is 3.68. The van der Waals surface area contributed by atoms with Gasteiger partial charge in [-0.05, 0) is 17.7 Å². The molecule has 0 aliphatic carbocycles. The van der Waals surface area contributed by atoms with Gasteiger partial charge in [0.25, 0.3) is 5.69 Å². The number of hydrogen-bond acceptors (Lipinski definition) is 5. The van der Waals surface area contributed by atoms with Gasteiger partial charge in [-0.1, -0.05) is 12.2 Å². The molecule has 94 valence electrons. The maximum absolute atomic E-state index is 10.8. The first-order chi connectivity index (χ1) is 8.58. The molecule has 0 aliphatic rings. The molecule has 0 bridgehead atoms. The van der Waals surface area contributed by atoms with Gasteiger partial charge < -0.3 is 4.74 Å². The van der Waals surface area contributed by atoms with E-state index in [0.717, 1.165) is 0 Å². The van der Waals surface area contributed by atoms with Crippen molar-refractivity contribution in [3.63, 3.8) is 0 Å². The first-order valence-corrected chi connectivity index (χ1v) is 5.05. The highest BCUT2D eigenvalue weighted by Crippen LogP contribution is 2.19. The average Bonchev–Trinajstić information content (AvgIpc) is 2.37. The Hall–Kier alpha value is -2.50. The molecule has 0 saturated heterocycles. The van der Waals surface area contributed by atoms with Gasteiger partial charge in [0.15, 0.2) is 6.29 Å². The van der Waals surface area contributed by atoms with Crippen molar-refractivity contribution in [3.05, 3.63) is 45.5 Å². The molecule has 18 heavy (non-hydrogen) atoms. The van der Waals surface area contributed by atoms with E-state index in [1.54, 1.807) is 12.2 Å². The summed E-state index contributed by atoms with van der Waals surface area (Å²) in [7, 11) is 1.28. The highest BCUT2D eigenvalue weighted by molar-refractivity contribution is 5.83. The Kier molecular flexibility index (Phi) is 4.74. The van der Waals surface area contributed by atoms with Crippen molar-refractivity contribution in [2.45, 2.75) is 6.42 Å². The number of nitro benzene ring substituents is 1. The zero-order valence-corrected chi connectivity index (χ0v) is 9.66. The fraction of sp³-hybridized carbons (Fsp3) is 0.167. The van der Waals surface area contributed by atoms with E-state index in [0.29, 0.717) is 11.8 Å². The Morgan fingerprint density at radius 3 is 2.78 bits per heavy atom. The van der Waals surface area contributed by atoms with Crippen LogP contribution in [0.1, 0.15) is 22.3 Å². The molecule has 1 aromatic rings. The second-order valence-corrected chi connectivity index (χ2v) is 3.38. The third kappa shape index (κ3) is 3.51. The summed E-state index contributed by atoms with van der Waals surface area (Å²) in [5.74, 6) is -0.385. The van der Waals surface area contributed by atoms with Crippen molar-refractivity contribution in [3.8, 4) is 0 Å². The van der Waals surface area contributed by atoms with E-state index < -0.39 is 4.92 Å². The maximum atomic E-state index is 10.8. The Balaban J connectivity index is 2.89. The molecular weight excluding hydrogens is 238 g/mol. The van der Waals surface area contributed by atoms with Crippen molar-refractivity contribution in [1.29, 1.82) is 0 Å². The van der Waals surface area contributed by atoms with Crippen LogP contribution in [-0.2, 0) is 9.53 Å². The van der Waals surface area contributed by atoms with Gasteiger partial charge in [0, 0.05) is 6.07 Å². The minimum atomic E-state index is -0.619. The summed E-state index contributed by atoms with van der Waals surface area (Å²) in [6.45, 7) is 0. The number of carbonyl (C=O) groups is 2. The third-order valence-corrected chi connectivity index (χ3v) is 2.20. The zero-order valence-electron chi connectivity index (χ0n) is 9.66. The van der Waals surface area contributed by atoms with E-state index in [9.17, 15) is 19.7 Å². The van der Waals surface area contributed by atoms with Gasteiger partial charge in [-0.15, -0.1) is 0 Å². The summed E-state index contributed by atoms with van der Waals surface area (Å²) >= 11 is 0. The van der Waals surface area contributed by atoms with Gasteiger partial charge in [-0.3, -0.25) is 19.7 Å². The molecule has 0 N–H and O–H groups in total. The largest absolute Gasteiger partial charge is 0.469 e. The van der Waals surface area contributed by atoms with Crippen LogP contribution in [0.2, 0.25) is 0 Å². The number of benzene rings is 1. The molecule has 0 amide bonds. The van der Waals surface area contributed by atoms with Crippen LogP contribution in [0.5, 0.6) is 0 Å². The normalized spacial score (nSPS) is 10.3. The van der Waals surface area contributed by atoms with Crippen LogP contribution in [0.15, 0.2) is 24.3 Å². The topological polar surface area (TPSA) is 86.5 Å². The molecule has 0 heterocycles. The first-order valence-electron chi connectivity index (χ1n) is 5.05. The molecule has 0 unspecified atom stereocenters. The number of carbonyl (C=O) groups excluding carboxylic acids is 2. The van der Waals surface area contributed by atoms with Gasteiger partial charge in [0.05, 0.1) is 24.0 Å². The summed E-state index contributed by atoms with van der Waals surface area (Å²) in [5.41, 5.74) is 0.363. The van der Waals surface area contributed by atoms with Gasteiger partial charge in [0.2, 0.25) is 0 Å². The number of esters is 1. The summed E-state index contributed by atoms with van der Waals surface area (Å²) in [4.78, 5) is 31.5. The molecule has 0 aliphatic heterocycles. The van der Waals surface area contributed by atoms with Crippen LogP contribution in [0.4, 0.5) is 5.69 Å². The fourth-order valence-electron chi connectivity index (χ4n) is 1.31. The molecule has 1 aromatic carbocycles. The smallest absolute Gasteiger partial charge is 0.309 e. The molecule has 0 aromatic heterocycles. The number of nitrogens with zero attached hydrogens (tertiary/aromatic N) is 1. The van der Waals surface area contributed by atoms with Crippen LogP contribution in [-0.4, -0.2) is 24.3 Å². The number of rotatable bonds is 5. The number of hydrogen-bond donors (Lipinski definition) is 0. The lowest BCUT2D eigenvalue weighted by Gasteiger charge is -1.98. The summed E-state index contributed by atoms with van der Waals surface area (Å²) in [5, 5.41) is 10.6. The Morgan fingerprint density at radius 2 is 2.22 bits per heavy atom. The monoisotopic (exact) mass is 249 g/mol. The Bertz CT molecular complexity index is 507. The molecule has 0 fully saturated rings. The maximum Gasteiger partial charge on any atom is 0.309 e. The number of aldehydes is 1. The average molecular weight is 249 g/mol. The van der Waals surface area contributed by atoms with E-state index in [1.807, 2.05) is 0 Å². The van der Waals surface area contributed by atoms with Crippen LogP contribution < -0.4 is 0 Å². The molecular formula is C12H11NO5. The lowest BCUT2D eigenvalue weighted by Crippen LogP contribution is -1.97. The summed E-state index contributed by atoms with van der Waals surface area (Å²) < 4.78 is 4.45. The molecule has 6 heteroatoms. The number of nitro groups is 1. The predicted octanol–water partition coefficient (Wildman–Crippen LogP) is 1.98. The second kappa shape index (κ2) is 6.29. The molecule has 0 atom stereocenters. The van der Waals surface area contributed by atoms with Gasteiger partial charge >= 0.3 is 5.97 Å². The number of ether oxygens (including phenoxy) is 1. The van der Waals surface area contributed by atoms with Crippen LogP contribution >= 0.6 is 0 Å². The van der Waals surface area contributed by atoms with Crippen molar-refractivity contribution in [1.82, 2.24) is 0 Å². The van der Waals surface area contributed by atoms with Crippen molar-refractivity contribution in [2.75, 3.05) is 7.11 Å². The van der Waals surface area contributed by atoms with Crippen LogP contribution in [0.3, 0.4) is 0 Å². The van der Waals surface area contributed by atoms with E-state index in [-0.39, 0.29) is 23.6 Å². The summed E-state index contributed by atoms with van der Waals surface area (Å²) in [6, 6.07) is 4.14. The van der Waals surface area contributed by atoms with Crippen LogP contribution in [0.25, 0.3) is 6.08 Å². The van der Waals surface area contributed by atoms with Gasteiger partial charge in [0.1, 0.15) is 0 Å². The third-order valence-electron chi connectivity index (χ3n) is 2.20. The van der Waals surface area contributed by atoms with Gasteiger partial charge in [-0.2, -0.15) is 0 Å². The lowest BCUT2D eigenvalue weighted by atomic mass is 10.1.